The molecule has 178 valence electrons. The highest BCUT2D eigenvalue weighted by Gasteiger charge is 2.35. The first-order chi connectivity index (χ1) is 13.9. The summed E-state index contributed by atoms with van der Waals surface area (Å²) in [6.07, 6.45) is 2.07. The molecule has 1 saturated heterocycles. The zero-order valence-electron chi connectivity index (χ0n) is 19.9. The molecular weight excluding hydrogens is 409 g/mol. The topological polar surface area (TPSA) is 83.5 Å². The van der Waals surface area contributed by atoms with E-state index >= 15 is 0 Å². The quantitative estimate of drug-likeness (QED) is 0.231. The number of hydrogen-bond donors (Lipinski definition) is 0. The van der Waals surface area contributed by atoms with Crippen LogP contribution in [0.3, 0.4) is 0 Å². The van der Waals surface area contributed by atoms with Crippen LogP contribution in [0.25, 0.3) is 0 Å². The van der Waals surface area contributed by atoms with E-state index in [9.17, 15) is 9.36 Å². The number of carbonyl (C=O) groups excluding carboxylic acids is 1. The number of morpholine rings is 1. The maximum absolute atomic E-state index is 13.0. The van der Waals surface area contributed by atoms with Gasteiger partial charge < -0.3 is 9.47 Å². The van der Waals surface area contributed by atoms with Gasteiger partial charge in [-0.05, 0) is 60.9 Å². The van der Waals surface area contributed by atoms with E-state index in [0.29, 0.717) is 6.42 Å². The maximum Gasteiger partial charge on any atom is 0.475 e. The predicted molar refractivity (Wildman–Crippen MR) is 116 cm³/mol. The van der Waals surface area contributed by atoms with Crippen LogP contribution in [0.15, 0.2) is 0 Å². The molecule has 1 rings (SSSR count). The van der Waals surface area contributed by atoms with Crippen LogP contribution >= 0.6 is 7.82 Å². The summed E-state index contributed by atoms with van der Waals surface area (Å²) in [7, 11) is -3.77. The molecule has 0 aromatic heterocycles. The normalized spacial score (nSPS) is 19.3. The molecule has 0 amide bonds. The molecule has 0 spiro atoms. The van der Waals surface area contributed by atoms with Gasteiger partial charge in [-0.2, -0.15) is 0 Å². The van der Waals surface area contributed by atoms with E-state index in [2.05, 4.69) is 4.90 Å². The summed E-state index contributed by atoms with van der Waals surface area (Å²) in [5, 5.41) is 0. The standard InChI is InChI=1S/C21H42NO7P/c1-8-9-18(2)28-30(24,29-20(3,4)5)27-17-16-26-19(23)21(6,7)10-11-22-12-14-25-15-13-22/h18H,8-17H2,1-7H3. The number of hydrogen-bond acceptors (Lipinski definition) is 8. The van der Waals surface area contributed by atoms with Gasteiger partial charge in [0.2, 0.25) is 0 Å². The SMILES string of the molecule is CCCC(C)OP(=O)(OCCOC(=O)C(C)(C)CCN1CCOCC1)OC(C)(C)C. The van der Waals surface area contributed by atoms with Crippen LogP contribution in [-0.4, -0.2) is 68.6 Å². The molecular formula is C21H42NO7P. The van der Waals surface area contributed by atoms with Crippen molar-refractivity contribution in [3.05, 3.63) is 0 Å². The van der Waals surface area contributed by atoms with Crippen molar-refractivity contribution in [3.8, 4) is 0 Å². The number of rotatable bonds is 13. The van der Waals surface area contributed by atoms with Crippen molar-refractivity contribution in [2.45, 2.75) is 79.4 Å². The number of esters is 1. The van der Waals surface area contributed by atoms with Gasteiger partial charge in [-0.15, -0.1) is 0 Å². The van der Waals surface area contributed by atoms with Gasteiger partial charge >= 0.3 is 13.8 Å². The minimum absolute atomic E-state index is 0.0111. The number of phosphoric ester groups is 1. The van der Waals surface area contributed by atoms with Crippen LogP contribution in [0.1, 0.15) is 67.7 Å². The molecule has 8 nitrogen and oxygen atoms in total. The van der Waals surface area contributed by atoms with Gasteiger partial charge in [0, 0.05) is 13.1 Å². The molecule has 2 unspecified atom stereocenters. The Morgan fingerprint density at radius 3 is 2.33 bits per heavy atom. The van der Waals surface area contributed by atoms with Gasteiger partial charge in [0.1, 0.15) is 6.61 Å². The molecule has 1 fully saturated rings. The summed E-state index contributed by atoms with van der Waals surface area (Å²) in [5.74, 6) is -0.300. The van der Waals surface area contributed by atoms with E-state index in [-0.39, 0.29) is 25.3 Å². The third-order valence-corrected chi connectivity index (χ3v) is 6.55. The zero-order chi connectivity index (χ0) is 22.8. The minimum atomic E-state index is -3.77. The lowest BCUT2D eigenvalue weighted by Crippen LogP contribution is -2.39. The second kappa shape index (κ2) is 12.5. The number of nitrogens with zero attached hydrogens (tertiary/aromatic N) is 1. The minimum Gasteiger partial charge on any atom is -0.463 e. The van der Waals surface area contributed by atoms with Crippen LogP contribution in [0.5, 0.6) is 0 Å². The van der Waals surface area contributed by atoms with Crippen molar-refractivity contribution in [1.29, 1.82) is 0 Å². The molecule has 2 atom stereocenters. The molecule has 0 N–H and O–H groups in total. The van der Waals surface area contributed by atoms with E-state index in [1.165, 1.54) is 0 Å². The zero-order valence-corrected chi connectivity index (χ0v) is 20.8. The molecule has 0 aromatic rings. The van der Waals surface area contributed by atoms with Crippen molar-refractivity contribution in [3.63, 3.8) is 0 Å². The third kappa shape index (κ3) is 11.2. The Kier molecular flexibility index (Phi) is 11.5. The molecule has 1 aliphatic rings. The third-order valence-electron chi connectivity index (χ3n) is 4.67. The van der Waals surface area contributed by atoms with E-state index in [4.69, 9.17) is 23.0 Å². The monoisotopic (exact) mass is 451 g/mol. The van der Waals surface area contributed by atoms with Gasteiger partial charge in [-0.25, -0.2) is 4.57 Å². The van der Waals surface area contributed by atoms with Crippen molar-refractivity contribution in [1.82, 2.24) is 4.90 Å². The van der Waals surface area contributed by atoms with Crippen LogP contribution < -0.4 is 0 Å². The first kappa shape index (κ1) is 27.5. The van der Waals surface area contributed by atoms with Crippen molar-refractivity contribution in [2.24, 2.45) is 5.41 Å². The average molecular weight is 452 g/mol. The first-order valence-corrected chi connectivity index (χ1v) is 12.4. The highest BCUT2D eigenvalue weighted by Crippen LogP contribution is 2.53. The van der Waals surface area contributed by atoms with E-state index in [0.717, 1.165) is 45.7 Å². The summed E-state index contributed by atoms with van der Waals surface area (Å²) in [5.41, 5.74) is -1.31. The molecule has 9 heteroatoms. The Balaban J connectivity index is 2.47. The van der Waals surface area contributed by atoms with Gasteiger partial charge in [0.25, 0.3) is 0 Å². The van der Waals surface area contributed by atoms with Gasteiger partial charge in [0.15, 0.2) is 0 Å². The fraction of sp³-hybridized carbons (Fsp3) is 0.952. The molecule has 0 saturated carbocycles. The largest absolute Gasteiger partial charge is 0.475 e. The summed E-state index contributed by atoms with van der Waals surface area (Å²) in [4.78, 5) is 14.8. The lowest BCUT2D eigenvalue weighted by atomic mass is 9.89. The fourth-order valence-corrected chi connectivity index (χ4v) is 4.61. The summed E-state index contributed by atoms with van der Waals surface area (Å²) < 4.78 is 40.4. The predicted octanol–water partition coefficient (Wildman–Crippen LogP) is 4.42. The highest BCUT2D eigenvalue weighted by molar-refractivity contribution is 7.48. The lowest BCUT2D eigenvalue weighted by Gasteiger charge is -2.30. The average Bonchev–Trinajstić information content (AvgIpc) is 2.63. The van der Waals surface area contributed by atoms with Crippen LogP contribution in [0.2, 0.25) is 0 Å². The van der Waals surface area contributed by atoms with Crippen molar-refractivity contribution < 1.29 is 32.4 Å². The van der Waals surface area contributed by atoms with Gasteiger partial charge in [0.05, 0.1) is 36.9 Å². The fourth-order valence-electron chi connectivity index (χ4n) is 2.94. The van der Waals surface area contributed by atoms with Crippen LogP contribution in [-0.2, 0) is 32.4 Å². The van der Waals surface area contributed by atoms with Gasteiger partial charge in [-0.3, -0.25) is 23.3 Å². The highest BCUT2D eigenvalue weighted by atomic mass is 31.2. The smallest absolute Gasteiger partial charge is 0.463 e. The van der Waals surface area contributed by atoms with Crippen LogP contribution in [0, 0.1) is 5.41 Å². The number of carbonyl (C=O) groups is 1. The van der Waals surface area contributed by atoms with Crippen molar-refractivity contribution in [2.75, 3.05) is 46.1 Å². The van der Waals surface area contributed by atoms with Crippen LogP contribution in [0.4, 0.5) is 0 Å². The Bertz CT molecular complexity index is 556. The second-order valence-corrected chi connectivity index (χ2v) is 11.0. The molecule has 1 heterocycles. The molecule has 1 aliphatic heterocycles. The Labute approximate surface area is 182 Å². The summed E-state index contributed by atoms with van der Waals surface area (Å²) in [6, 6.07) is 0. The Morgan fingerprint density at radius 1 is 1.13 bits per heavy atom. The molecule has 0 aromatic carbocycles. The Hall–Kier alpha value is -0.500. The van der Waals surface area contributed by atoms with E-state index < -0.39 is 18.8 Å². The van der Waals surface area contributed by atoms with E-state index in [1.54, 1.807) is 20.8 Å². The molecule has 30 heavy (non-hydrogen) atoms. The number of ether oxygens (including phenoxy) is 2. The maximum atomic E-state index is 13.0. The Morgan fingerprint density at radius 2 is 1.77 bits per heavy atom. The summed E-state index contributed by atoms with van der Waals surface area (Å²) in [6.45, 7) is 17.0. The molecule has 0 aliphatic carbocycles. The summed E-state index contributed by atoms with van der Waals surface area (Å²) >= 11 is 0. The van der Waals surface area contributed by atoms with Crippen molar-refractivity contribution >= 4 is 13.8 Å². The van der Waals surface area contributed by atoms with Gasteiger partial charge in [-0.1, -0.05) is 13.3 Å². The number of phosphoric acid groups is 1. The first-order valence-electron chi connectivity index (χ1n) is 11.0. The second-order valence-electron chi connectivity index (χ2n) is 9.41. The van der Waals surface area contributed by atoms with E-state index in [1.807, 2.05) is 27.7 Å². The molecule has 0 bridgehead atoms. The lowest BCUT2D eigenvalue weighted by molar-refractivity contribution is -0.155. The molecule has 0 radical (unpaired) electrons.